The Labute approximate surface area is 79.9 Å². The minimum Gasteiger partial charge on any atom is -0.397 e. The molecule has 4 heteroatoms. The van der Waals surface area contributed by atoms with Gasteiger partial charge in [-0.2, -0.15) is 5.26 Å². The molecule has 0 aliphatic carbocycles. The Hall–Kier alpha value is -0.980. The topological polar surface area (TPSA) is 49.8 Å². The molecule has 0 fully saturated rings. The molecule has 0 atom stereocenters. The molecule has 12 heavy (non-hydrogen) atoms. The lowest BCUT2D eigenvalue weighted by Gasteiger charge is -1.95. The normalized spacial score (nSPS) is 12.1. The van der Waals surface area contributed by atoms with Gasteiger partial charge in [0, 0.05) is 0 Å². The zero-order valence-corrected chi connectivity index (χ0v) is 8.04. The number of halogens is 1. The van der Waals surface area contributed by atoms with Crippen molar-refractivity contribution in [3.63, 3.8) is 0 Å². The summed E-state index contributed by atoms with van der Waals surface area (Å²) in [5.74, 6) is 0. The highest BCUT2D eigenvalue weighted by Gasteiger charge is 2.03. The van der Waals surface area contributed by atoms with Crippen LogP contribution in [0.3, 0.4) is 0 Å². The minimum atomic E-state index is 0.509. The Bertz CT molecular complexity index is 359. The van der Waals surface area contributed by atoms with Gasteiger partial charge in [0.05, 0.1) is 26.6 Å². The SMILES string of the molecule is C/C(C#N)=C(/N)c1ccc(Cl)s1. The van der Waals surface area contributed by atoms with Crippen molar-refractivity contribution in [2.45, 2.75) is 6.92 Å². The molecule has 0 aliphatic heterocycles. The van der Waals surface area contributed by atoms with Crippen molar-refractivity contribution in [1.29, 1.82) is 5.26 Å². The van der Waals surface area contributed by atoms with E-state index < -0.39 is 0 Å². The maximum Gasteiger partial charge on any atom is 0.0966 e. The number of rotatable bonds is 1. The average Bonchev–Trinajstić information content (AvgIpc) is 2.49. The van der Waals surface area contributed by atoms with E-state index in [9.17, 15) is 0 Å². The molecule has 0 saturated carbocycles. The first-order valence-electron chi connectivity index (χ1n) is 3.27. The first kappa shape index (κ1) is 9.11. The third-order valence-electron chi connectivity index (χ3n) is 1.41. The molecule has 0 radical (unpaired) electrons. The largest absolute Gasteiger partial charge is 0.397 e. The van der Waals surface area contributed by atoms with E-state index in [1.807, 2.05) is 12.1 Å². The fourth-order valence-electron chi connectivity index (χ4n) is 0.704. The third kappa shape index (κ3) is 1.79. The van der Waals surface area contributed by atoms with Crippen LogP contribution in [0.25, 0.3) is 5.70 Å². The maximum absolute atomic E-state index is 8.56. The third-order valence-corrected chi connectivity index (χ3v) is 2.67. The van der Waals surface area contributed by atoms with Crippen LogP contribution in [0.15, 0.2) is 17.7 Å². The van der Waals surface area contributed by atoms with Gasteiger partial charge in [-0.1, -0.05) is 11.6 Å². The lowest BCUT2D eigenvalue weighted by atomic mass is 10.2. The molecular formula is C8H7ClN2S. The second-order valence-corrected chi connectivity index (χ2v) is 3.97. The van der Waals surface area contributed by atoms with Crippen LogP contribution >= 0.6 is 22.9 Å². The first-order chi connectivity index (χ1) is 5.65. The van der Waals surface area contributed by atoms with Crippen molar-refractivity contribution in [2.75, 3.05) is 0 Å². The van der Waals surface area contributed by atoms with Gasteiger partial charge in [-0.25, -0.2) is 0 Å². The maximum atomic E-state index is 8.56. The van der Waals surface area contributed by atoms with E-state index in [1.54, 1.807) is 13.0 Å². The molecule has 2 N–H and O–H groups in total. The van der Waals surface area contributed by atoms with E-state index in [4.69, 9.17) is 22.6 Å². The predicted molar refractivity (Wildman–Crippen MR) is 51.7 cm³/mol. The highest BCUT2D eigenvalue weighted by atomic mass is 35.5. The summed E-state index contributed by atoms with van der Waals surface area (Å²) < 4.78 is 0.679. The lowest BCUT2D eigenvalue weighted by Crippen LogP contribution is -1.96. The van der Waals surface area contributed by atoms with Gasteiger partial charge >= 0.3 is 0 Å². The van der Waals surface area contributed by atoms with Crippen LogP contribution in [-0.4, -0.2) is 0 Å². The number of nitriles is 1. The van der Waals surface area contributed by atoms with Crippen molar-refractivity contribution in [2.24, 2.45) is 5.73 Å². The monoisotopic (exact) mass is 198 g/mol. The van der Waals surface area contributed by atoms with Gasteiger partial charge in [0.15, 0.2) is 0 Å². The zero-order valence-electron chi connectivity index (χ0n) is 6.47. The van der Waals surface area contributed by atoms with Crippen LogP contribution in [0.1, 0.15) is 11.8 Å². The quantitative estimate of drug-likeness (QED) is 0.706. The van der Waals surface area contributed by atoms with Gasteiger partial charge in [0.25, 0.3) is 0 Å². The number of hydrogen-bond acceptors (Lipinski definition) is 3. The Kier molecular flexibility index (Phi) is 2.74. The van der Waals surface area contributed by atoms with Gasteiger partial charge in [-0.3, -0.25) is 0 Å². The van der Waals surface area contributed by atoms with Crippen LogP contribution < -0.4 is 5.73 Å². The molecule has 0 saturated heterocycles. The number of hydrogen-bond donors (Lipinski definition) is 1. The smallest absolute Gasteiger partial charge is 0.0966 e. The van der Waals surface area contributed by atoms with Crippen molar-refractivity contribution < 1.29 is 0 Å². The highest BCUT2D eigenvalue weighted by molar-refractivity contribution is 7.17. The molecule has 0 aromatic carbocycles. The summed E-state index contributed by atoms with van der Waals surface area (Å²) in [6, 6.07) is 5.56. The Balaban J connectivity index is 3.09. The van der Waals surface area contributed by atoms with E-state index in [2.05, 4.69) is 0 Å². The van der Waals surface area contributed by atoms with Crippen LogP contribution in [-0.2, 0) is 0 Å². The summed E-state index contributed by atoms with van der Waals surface area (Å²) in [5, 5.41) is 8.56. The van der Waals surface area contributed by atoms with Crippen LogP contribution in [0, 0.1) is 11.3 Å². The molecule has 1 aromatic heterocycles. The molecule has 0 spiro atoms. The summed E-state index contributed by atoms with van der Waals surface area (Å²) >= 11 is 7.08. The summed E-state index contributed by atoms with van der Waals surface area (Å²) in [6.07, 6.45) is 0. The molecule has 0 unspecified atom stereocenters. The minimum absolute atomic E-state index is 0.509. The standard InChI is InChI=1S/C8H7ClN2S/c1-5(4-10)8(11)6-2-3-7(9)12-6/h2-3H,11H2,1H3/b8-5-. The van der Waals surface area contributed by atoms with E-state index in [1.165, 1.54) is 11.3 Å². The van der Waals surface area contributed by atoms with Gasteiger partial charge in [0.2, 0.25) is 0 Å². The molecule has 1 rings (SSSR count). The number of thiophene rings is 1. The predicted octanol–water partition coefficient (Wildman–Crippen LogP) is 2.61. The van der Waals surface area contributed by atoms with Gasteiger partial charge < -0.3 is 5.73 Å². The van der Waals surface area contributed by atoms with Crippen molar-refractivity contribution in [1.82, 2.24) is 0 Å². The summed E-state index contributed by atoms with van der Waals surface area (Å²) in [5.41, 5.74) is 6.70. The number of allylic oxidation sites excluding steroid dienone is 1. The summed E-state index contributed by atoms with van der Waals surface area (Å²) in [6.45, 7) is 1.68. The van der Waals surface area contributed by atoms with Crippen molar-refractivity contribution in [3.05, 3.63) is 26.9 Å². The second-order valence-electron chi connectivity index (χ2n) is 2.25. The summed E-state index contributed by atoms with van der Waals surface area (Å²) in [4.78, 5) is 0.846. The van der Waals surface area contributed by atoms with E-state index in [0.29, 0.717) is 15.6 Å². The molecule has 62 valence electrons. The van der Waals surface area contributed by atoms with E-state index >= 15 is 0 Å². The summed E-state index contributed by atoms with van der Waals surface area (Å²) in [7, 11) is 0. The van der Waals surface area contributed by atoms with Crippen LogP contribution in [0.5, 0.6) is 0 Å². The van der Waals surface area contributed by atoms with Crippen LogP contribution in [0.4, 0.5) is 0 Å². The Morgan fingerprint density at radius 2 is 2.33 bits per heavy atom. The average molecular weight is 199 g/mol. The van der Waals surface area contributed by atoms with Gasteiger partial charge in [-0.15, -0.1) is 11.3 Å². The molecule has 0 amide bonds. The second kappa shape index (κ2) is 3.61. The Morgan fingerprint density at radius 3 is 2.75 bits per heavy atom. The fourth-order valence-corrected chi connectivity index (χ4v) is 1.76. The highest BCUT2D eigenvalue weighted by Crippen LogP contribution is 2.26. The van der Waals surface area contributed by atoms with E-state index in [-0.39, 0.29) is 0 Å². The van der Waals surface area contributed by atoms with Gasteiger partial charge in [-0.05, 0) is 19.1 Å². The first-order valence-corrected chi connectivity index (χ1v) is 4.46. The van der Waals surface area contributed by atoms with E-state index in [0.717, 1.165) is 4.88 Å². The molecule has 1 aromatic rings. The van der Waals surface area contributed by atoms with Crippen molar-refractivity contribution in [3.8, 4) is 6.07 Å². The van der Waals surface area contributed by atoms with Crippen molar-refractivity contribution >= 4 is 28.6 Å². The molecule has 0 bridgehead atoms. The molecule has 1 heterocycles. The zero-order chi connectivity index (χ0) is 9.14. The molecule has 2 nitrogen and oxygen atoms in total. The molecule has 0 aliphatic rings. The number of nitrogens with zero attached hydrogens (tertiary/aromatic N) is 1. The number of nitrogens with two attached hydrogens (primary N) is 1. The van der Waals surface area contributed by atoms with Gasteiger partial charge in [0.1, 0.15) is 0 Å². The lowest BCUT2D eigenvalue weighted by molar-refractivity contribution is 1.41. The molecular weight excluding hydrogens is 192 g/mol. The van der Waals surface area contributed by atoms with Crippen LogP contribution in [0.2, 0.25) is 4.34 Å². The Morgan fingerprint density at radius 1 is 1.67 bits per heavy atom. The fraction of sp³-hybridized carbons (Fsp3) is 0.125.